The number of hydrogen-bond acceptors (Lipinski definition) is 3. The summed E-state index contributed by atoms with van der Waals surface area (Å²) in [6.07, 6.45) is 2.82. The van der Waals surface area contributed by atoms with Gasteiger partial charge < -0.3 is 15.2 Å². The molecule has 1 saturated heterocycles. The molecule has 3 heteroatoms. The average molecular weight is 173 g/mol. The van der Waals surface area contributed by atoms with Crippen LogP contribution in [0.2, 0.25) is 0 Å². The van der Waals surface area contributed by atoms with Gasteiger partial charge in [-0.2, -0.15) is 0 Å². The Bertz CT molecular complexity index is 113. The number of aliphatic hydroxyl groups excluding tert-OH is 1. The van der Waals surface area contributed by atoms with Crippen LogP contribution in [0.3, 0.4) is 0 Å². The van der Waals surface area contributed by atoms with Crippen molar-refractivity contribution in [3.05, 3.63) is 0 Å². The van der Waals surface area contributed by atoms with Crippen LogP contribution in [0.15, 0.2) is 0 Å². The highest BCUT2D eigenvalue weighted by Gasteiger charge is 2.21. The van der Waals surface area contributed by atoms with Crippen LogP contribution >= 0.6 is 0 Å². The Morgan fingerprint density at radius 2 is 2.50 bits per heavy atom. The lowest BCUT2D eigenvalue weighted by Crippen LogP contribution is -2.45. The highest BCUT2D eigenvalue weighted by atomic mass is 16.5. The Morgan fingerprint density at radius 3 is 3.08 bits per heavy atom. The summed E-state index contributed by atoms with van der Waals surface area (Å²) in [6, 6.07) is 0. The SMILES string of the molecule is CCCCC(O)C1CNCCO1. The van der Waals surface area contributed by atoms with Crippen LogP contribution in [0.1, 0.15) is 26.2 Å². The number of hydrogen-bond donors (Lipinski definition) is 2. The Labute approximate surface area is 74.1 Å². The molecular formula is C9H19NO2. The van der Waals surface area contributed by atoms with Gasteiger partial charge in [0.25, 0.3) is 0 Å². The van der Waals surface area contributed by atoms with E-state index in [1.54, 1.807) is 0 Å². The van der Waals surface area contributed by atoms with Crippen LogP contribution in [0, 0.1) is 0 Å². The Balaban J connectivity index is 2.15. The maximum atomic E-state index is 9.64. The first kappa shape index (κ1) is 9.96. The van der Waals surface area contributed by atoms with E-state index >= 15 is 0 Å². The molecule has 1 aliphatic heterocycles. The zero-order valence-electron chi connectivity index (χ0n) is 7.75. The predicted molar refractivity (Wildman–Crippen MR) is 48.1 cm³/mol. The summed E-state index contributed by atoms with van der Waals surface area (Å²) >= 11 is 0. The number of nitrogens with one attached hydrogen (secondary N) is 1. The summed E-state index contributed by atoms with van der Waals surface area (Å²) in [5.74, 6) is 0. The van der Waals surface area contributed by atoms with Gasteiger partial charge in [0.1, 0.15) is 0 Å². The van der Waals surface area contributed by atoms with Crippen LogP contribution in [0.5, 0.6) is 0 Å². The molecule has 1 aliphatic rings. The summed E-state index contributed by atoms with van der Waals surface area (Å²) in [5, 5.41) is 12.8. The average Bonchev–Trinajstić information content (AvgIpc) is 2.15. The Hall–Kier alpha value is -0.120. The van der Waals surface area contributed by atoms with E-state index in [2.05, 4.69) is 12.2 Å². The quantitative estimate of drug-likeness (QED) is 0.651. The molecule has 12 heavy (non-hydrogen) atoms. The van der Waals surface area contributed by atoms with Crippen molar-refractivity contribution < 1.29 is 9.84 Å². The minimum atomic E-state index is -0.280. The predicted octanol–water partition coefficient (Wildman–Crippen LogP) is 0.526. The summed E-state index contributed by atoms with van der Waals surface area (Å²) in [6.45, 7) is 4.57. The van der Waals surface area contributed by atoms with Crippen molar-refractivity contribution in [3.63, 3.8) is 0 Å². The van der Waals surface area contributed by atoms with Gasteiger partial charge in [-0.05, 0) is 6.42 Å². The molecule has 2 atom stereocenters. The van der Waals surface area contributed by atoms with E-state index in [-0.39, 0.29) is 12.2 Å². The molecule has 2 unspecified atom stereocenters. The van der Waals surface area contributed by atoms with Crippen LogP contribution in [-0.4, -0.2) is 37.0 Å². The summed E-state index contributed by atoms with van der Waals surface area (Å²) in [4.78, 5) is 0. The number of aliphatic hydroxyl groups is 1. The third-order valence-electron chi connectivity index (χ3n) is 2.24. The second-order valence-electron chi connectivity index (χ2n) is 3.32. The summed E-state index contributed by atoms with van der Waals surface area (Å²) in [5.41, 5.74) is 0. The molecule has 2 N–H and O–H groups in total. The third-order valence-corrected chi connectivity index (χ3v) is 2.24. The first-order valence-corrected chi connectivity index (χ1v) is 4.85. The number of unbranched alkanes of at least 4 members (excludes halogenated alkanes) is 1. The van der Waals surface area contributed by atoms with Crippen molar-refractivity contribution in [2.45, 2.75) is 38.4 Å². The molecule has 1 heterocycles. The van der Waals surface area contributed by atoms with Gasteiger partial charge >= 0.3 is 0 Å². The van der Waals surface area contributed by atoms with Gasteiger partial charge in [-0.1, -0.05) is 19.8 Å². The zero-order valence-corrected chi connectivity index (χ0v) is 7.75. The fraction of sp³-hybridized carbons (Fsp3) is 1.00. The largest absolute Gasteiger partial charge is 0.390 e. The van der Waals surface area contributed by atoms with Gasteiger partial charge in [0.15, 0.2) is 0 Å². The highest BCUT2D eigenvalue weighted by molar-refractivity contribution is 4.74. The number of ether oxygens (including phenoxy) is 1. The third kappa shape index (κ3) is 3.09. The van der Waals surface area contributed by atoms with Crippen molar-refractivity contribution in [2.75, 3.05) is 19.7 Å². The van der Waals surface area contributed by atoms with Crippen molar-refractivity contribution in [2.24, 2.45) is 0 Å². The van der Waals surface area contributed by atoms with E-state index in [0.29, 0.717) is 0 Å². The van der Waals surface area contributed by atoms with Gasteiger partial charge in [0.05, 0.1) is 18.8 Å². The molecule has 0 aromatic rings. The second kappa shape index (κ2) is 5.51. The van der Waals surface area contributed by atoms with Gasteiger partial charge in [-0.25, -0.2) is 0 Å². The van der Waals surface area contributed by atoms with Crippen LogP contribution in [0.4, 0.5) is 0 Å². The summed E-state index contributed by atoms with van der Waals surface area (Å²) < 4.78 is 5.42. The molecule has 3 nitrogen and oxygen atoms in total. The molecule has 0 amide bonds. The molecule has 0 saturated carbocycles. The van der Waals surface area contributed by atoms with E-state index in [9.17, 15) is 5.11 Å². The standard InChI is InChI=1S/C9H19NO2/c1-2-3-4-8(11)9-7-10-5-6-12-9/h8-11H,2-7H2,1H3. The Kier molecular flexibility index (Phi) is 4.58. The first-order chi connectivity index (χ1) is 5.84. The molecule has 0 spiro atoms. The maximum absolute atomic E-state index is 9.64. The lowest BCUT2D eigenvalue weighted by Gasteiger charge is -2.27. The maximum Gasteiger partial charge on any atom is 0.0958 e. The van der Waals surface area contributed by atoms with Crippen molar-refractivity contribution in [1.82, 2.24) is 5.32 Å². The van der Waals surface area contributed by atoms with E-state index in [4.69, 9.17) is 4.74 Å². The Morgan fingerprint density at radius 1 is 1.67 bits per heavy atom. The molecule has 0 radical (unpaired) electrons. The van der Waals surface area contributed by atoms with Crippen LogP contribution in [-0.2, 0) is 4.74 Å². The molecule has 1 rings (SSSR count). The lowest BCUT2D eigenvalue weighted by atomic mass is 10.1. The van der Waals surface area contributed by atoms with Crippen molar-refractivity contribution >= 4 is 0 Å². The molecular weight excluding hydrogens is 154 g/mol. The zero-order chi connectivity index (χ0) is 8.81. The van der Waals surface area contributed by atoms with Gasteiger partial charge in [-0.15, -0.1) is 0 Å². The second-order valence-corrected chi connectivity index (χ2v) is 3.32. The highest BCUT2D eigenvalue weighted by Crippen LogP contribution is 2.09. The van der Waals surface area contributed by atoms with E-state index in [1.807, 2.05) is 0 Å². The normalized spacial score (nSPS) is 27.0. The molecule has 72 valence electrons. The van der Waals surface area contributed by atoms with Crippen LogP contribution < -0.4 is 5.32 Å². The smallest absolute Gasteiger partial charge is 0.0958 e. The summed E-state index contributed by atoms with van der Waals surface area (Å²) in [7, 11) is 0. The van der Waals surface area contributed by atoms with E-state index in [0.717, 1.165) is 39.0 Å². The van der Waals surface area contributed by atoms with Crippen LogP contribution in [0.25, 0.3) is 0 Å². The van der Waals surface area contributed by atoms with E-state index in [1.165, 1.54) is 0 Å². The fourth-order valence-electron chi connectivity index (χ4n) is 1.43. The molecule has 0 aromatic carbocycles. The van der Waals surface area contributed by atoms with Crippen molar-refractivity contribution in [1.29, 1.82) is 0 Å². The minimum Gasteiger partial charge on any atom is -0.390 e. The van der Waals surface area contributed by atoms with Gasteiger partial charge in [0.2, 0.25) is 0 Å². The monoisotopic (exact) mass is 173 g/mol. The lowest BCUT2D eigenvalue weighted by molar-refractivity contribution is -0.0552. The van der Waals surface area contributed by atoms with E-state index < -0.39 is 0 Å². The molecule has 0 aromatic heterocycles. The minimum absolute atomic E-state index is 0.0188. The number of rotatable bonds is 4. The van der Waals surface area contributed by atoms with Crippen molar-refractivity contribution in [3.8, 4) is 0 Å². The first-order valence-electron chi connectivity index (χ1n) is 4.85. The number of morpholine rings is 1. The fourth-order valence-corrected chi connectivity index (χ4v) is 1.43. The van der Waals surface area contributed by atoms with Gasteiger partial charge in [-0.3, -0.25) is 0 Å². The topological polar surface area (TPSA) is 41.5 Å². The van der Waals surface area contributed by atoms with Gasteiger partial charge in [0, 0.05) is 13.1 Å². The molecule has 0 aliphatic carbocycles. The molecule has 0 bridgehead atoms. The molecule has 1 fully saturated rings.